The summed E-state index contributed by atoms with van der Waals surface area (Å²) in [5, 5.41) is 0. The predicted molar refractivity (Wildman–Crippen MR) is 63.7 cm³/mol. The van der Waals surface area contributed by atoms with E-state index in [1.165, 1.54) is 26.4 Å². The number of carbonyl (C=O) groups is 1. The van der Waals surface area contributed by atoms with Crippen molar-refractivity contribution in [2.24, 2.45) is 17.8 Å². The summed E-state index contributed by atoms with van der Waals surface area (Å²) in [7, 11) is 1.46. The number of hydrogen-bond acceptors (Lipinski definition) is 2. The van der Waals surface area contributed by atoms with Gasteiger partial charge in [0, 0.05) is 0 Å². The molecule has 15 heavy (non-hydrogen) atoms. The summed E-state index contributed by atoms with van der Waals surface area (Å²) in [5.74, 6) is 1.35. The van der Waals surface area contributed by atoms with Crippen molar-refractivity contribution in [1.82, 2.24) is 0 Å². The van der Waals surface area contributed by atoms with Crippen LogP contribution in [-0.2, 0) is 9.53 Å². The molecule has 0 aliphatic rings. The molecule has 0 amide bonds. The molecule has 0 saturated carbocycles. The lowest BCUT2D eigenvalue weighted by Crippen LogP contribution is -2.16. The molecule has 0 fully saturated rings. The number of rotatable bonds is 7. The second kappa shape index (κ2) is 7.72. The Morgan fingerprint density at radius 2 is 1.73 bits per heavy atom. The van der Waals surface area contributed by atoms with Gasteiger partial charge in [-0.3, -0.25) is 4.79 Å². The van der Waals surface area contributed by atoms with E-state index in [0.29, 0.717) is 5.92 Å². The summed E-state index contributed by atoms with van der Waals surface area (Å²) in [6.45, 7) is 8.69. The molecule has 0 radical (unpaired) electrons. The van der Waals surface area contributed by atoms with Crippen molar-refractivity contribution in [2.45, 2.75) is 53.4 Å². The highest BCUT2D eigenvalue weighted by atomic mass is 16.5. The van der Waals surface area contributed by atoms with Crippen LogP contribution in [0.3, 0.4) is 0 Å². The minimum absolute atomic E-state index is 0.0406. The van der Waals surface area contributed by atoms with Gasteiger partial charge in [-0.15, -0.1) is 0 Å². The van der Waals surface area contributed by atoms with Crippen LogP contribution in [0.15, 0.2) is 0 Å². The zero-order chi connectivity index (χ0) is 11.8. The van der Waals surface area contributed by atoms with Crippen molar-refractivity contribution in [3.05, 3.63) is 0 Å². The lowest BCUT2D eigenvalue weighted by atomic mass is 9.88. The van der Waals surface area contributed by atoms with Crippen LogP contribution < -0.4 is 0 Å². The monoisotopic (exact) mass is 214 g/mol. The highest BCUT2D eigenvalue weighted by Gasteiger charge is 2.17. The van der Waals surface area contributed by atoms with Gasteiger partial charge in [0.1, 0.15) is 0 Å². The maximum absolute atomic E-state index is 11.2. The molecule has 0 aromatic rings. The first kappa shape index (κ1) is 14.5. The van der Waals surface area contributed by atoms with Gasteiger partial charge in [-0.05, 0) is 24.7 Å². The second-order valence-electron chi connectivity index (χ2n) is 4.89. The number of carbonyl (C=O) groups excluding carboxylic acids is 1. The van der Waals surface area contributed by atoms with Gasteiger partial charge in [-0.2, -0.15) is 0 Å². The Bertz CT molecular complexity index is 177. The van der Waals surface area contributed by atoms with Crippen molar-refractivity contribution >= 4 is 5.97 Å². The van der Waals surface area contributed by atoms with Gasteiger partial charge in [-0.25, -0.2) is 0 Å². The first-order valence-corrected chi connectivity index (χ1v) is 6.09. The Balaban J connectivity index is 3.81. The third-order valence-corrected chi connectivity index (χ3v) is 2.95. The summed E-state index contributed by atoms with van der Waals surface area (Å²) in [5.41, 5.74) is 0. The highest BCUT2D eigenvalue weighted by molar-refractivity contribution is 5.71. The fourth-order valence-corrected chi connectivity index (χ4v) is 2.29. The lowest BCUT2D eigenvalue weighted by Gasteiger charge is -2.19. The molecule has 0 unspecified atom stereocenters. The van der Waals surface area contributed by atoms with E-state index in [4.69, 9.17) is 4.74 Å². The third-order valence-electron chi connectivity index (χ3n) is 2.95. The molecule has 0 N–H and O–H groups in total. The van der Waals surface area contributed by atoms with E-state index in [1.54, 1.807) is 0 Å². The van der Waals surface area contributed by atoms with Gasteiger partial charge in [0.05, 0.1) is 13.0 Å². The lowest BCUT2D eigenvalue weighted by molar-refractivity contribution is -0.145. The summed E-state index contributed by atoms with van der Waals surface area (Å²) >= 11 is 0. The van der Waals surface area contributed by atoms with Crippen LogP contribution in [0.25, 0.3) is 0 Å². The van der Waals surface area contributed by atoms with E-state index in [0.717, 1.165) is 12.3 Å². The first-order chi connectivity index (χ1) is 7.01. The number of esters is 1. The van der Waals surface area contributed by atoms with Gasteiger partial charge in [0.25, 0.3) is 0 Å². The van der Waals surface area contributed by atoms with Crippen molar-refractivity contribution in [3.63, 3.8) is 0 Å². The smallest absolute Gasteiger partial charge is 0.308 e. The van der Waals surface area contributed by atoms with Gasteiger partial charge >= 0.3 is 5.97 Å². The third kappa shape index (κ3) is 6.53. The van der Waals surface area contributed by atoms with Gasteiger partial charge < -0.3 is 4.74 Å². The Morgan fingerprint density at radius 1 is 1.13 bits per heavy atom. The van der Waals surface area contributed by atoms with Crippen molar-refractivity contribution in [3.8, 4) is 0 Å². The van der Waals surface area contributed by atoms with Crippen molar-refractivity contribution in [1.29, 1.82) is 0 Å². The molecule has 0 aromatic heterocycles. The van der Waals surface area contributed by atoms with E-state index in [2.05, 4.69) is 20.8 Å². The van der Waals surface area contributed by atoms with Crippen LogP contribution in [-0.4, -0.2) is 13.1 Å². The maximum Gasteiger partial charge on any atom is 0.308 e. The van der Waals surface area contributed by atoms with Crippen LogP contribution >= 0.6 is 0 Å². The molecule has 0 rings (SSSR count). The minimum Gasteiger partial charge on any atom is -0.469 e. The summed E-state index contributed by atoms with van der Waals surface area (Å²) < 4.78 is 4.73. The van der Waals surface area contributed by atoms with Gasteiger partial charge in [-0.1, -0.05) is 40.5 Å². The molecule has 2 nitrogen and oxygen atoms in total. The largest absolute Gasteiger partial charge is 0.469 e. The summed E-state index contributed by atoms with van der Waals surface area (Å²) in [6, 6.07) is 0. The number of ether oxygens (including phenoxy) is 1. The van der Waals surface area contributed by atoms with E-state index in [9.17, 15) is 4.79 Å². The Hall–Kier alpha value is -0.530. The van der Waals surface area contributed by atoms with Crippen molar-refractivity contribution < 1.29 is 9.53 Å². The molecule has 0 aromatic carbocycles. The van der Waals surface area contributed by atoms with Crippen LogP contribution in [0.1, 0.15) is 53.4 Å². The Morgan fingerprint density at radius 3 is 2.20 bits per heavy atom. The number of hydrogen-bond donors (Lipinski definition) is 0. The van der Waals surface area contributed by atoms with Crippen LogP contribution in [0.2, 0.25) is 0 Å². The topological polar surface area (TPSA) is 26.3 Å². The quantitative estimate of drug-likeness (QED) is 0.605. The van der Waals surface area contributed by atoms with Gasteiger partial charge in [0.2, 0.25) is 0 Å². The fourth-order valence-electron chi connectivity index (χ4n) is 2.29. The molecule has 0 saturated heterocycles. The molecular weight excluding hydrogens is 188 g/mol. The van der Waals surface area contributed by atoms with Gasteiger partial charge in [0.15, 0.2) is 0 Å². The Labute approximate surface area is 94.4 Å². The zero-order valence-corrected chi connectivity index (χ0v) is 10.9. The summed E-state index contributed by atoms with van der Waals surface area (Å²) in [4.78, 5) is 11.2. The van der Waals surface area contributed by atoms with Crippen LogP contribution in [0, 0.1) is 17.8 Å². The van der Waals surface area contributed by atoms with Crippen molar-refractivity contribution in [2.75, 3.05) is 7.11 Å². The molecule has 2 heteroatoms. The molecule has 3 atom stereocenters. The molecule has 0 aliphatic heterocycles. The van der Waals surface area contributed by atoms with E-state index in [1.807, 2.05) is 6.92 Å². The average Bonchev–Trinajstić information content (AvgIpc) is 2.16. The maximum atomic E-state index is 11.2. The first-order valence-electron chi connectivity index (χ1n) is 6.09. The predicted octanol–water partition coefficient (Wildman–Crippen LogP) is 3.65. The zero-order valence-electron chi connectivity index (χ0n) is 10.9. The molecule has 0 aliphatic carbocycles. The average molecular weight is 214 g/mol. The normalized spacial score (nSPS) is 16.9. The molecule has 0 spiro atoms. The molecular formula is C13H26O2. The SMILES string of the molecule is CCC[C@@H](C)C[C@@H](C)C[C@@H](C)C(=O)OC. The Kier molecular flexibility index (Phi) is 7.45. The minimum atomic E-state index is -0.0787. The van der Waals surface area contributed by atoms with E-state index in [-0.39, 0.29) is 11.9 Å². The fraction of sp³-hybridized carbons (Fsp3) is 0.923. The van der Waals surface area contributed by atoms with Crippen LogP contribution in [0.4, 0.5) is 0 Å². The molecule has 90 valence electrons. The summed E-state index contributed by atoms with van der Waals surface area (Å²) in [6.07, 6.45) is 4.70. The second-order valence-corrected chi connectivity index (χ2v) is 4.89. The highest BCUT2D eigenvalue weighted by Crippen LogP contribution is 2.22. The standard InChI is InChI=1S/C13H26O2/c1-6-7-10(2)8-11(3)9-12(4)13(14)15-5/h10-12H,6-9H2,1-5H3/t10-,11-,12-/m1/s1. The van der Waals surface area contributed by atoms with E-state index < -0.39 is 0 Å². The van der Waals surface area contributed by atoms with Crippen LogP contribution in [0.5, 0.6) is 0 Å². The van der Waals surface area contributed by atoms with E-state index >= 15 is 0 Å². The molecule has 0 bridgehead atoms. The number of methoxy groups -OCH3 is 1. The molecule has 0 heterocycles.